The Morgan fingerprint density at radius 3 is 1.85 bits per heavy atom. The van der Waals surface area contributed by atoms with Crippen LogP contribution in [-0.4, -0.2) is 24.9 Å². The molecule has 5 aromatic rings. The fourth-order valence-corrected chi connectivity index (χ4v) is 4.87. The predicted octanol–water partition coefficient (Wildman–Crippen LogP) is 7.81. The molecule has 2 aliphatic heterocycles. The Labute approximate surface area is 234 Å². The number of hydrogen-bond acceptors (Lipinski definition) is 5. The minimum absolute atomic E-state index is 0.0610. The van der Waals surface area contributed by atoms with Gasteiger partial charge in [-0.2, -0.15) is 0 Å². The number of nitro groups is 1. The third kappa shape index (κ3) is 5.26. The summed E-state index contributed by atoms with van der Waals surface area (Å²) in [6.45, 7) is 0.317. The van der Waals surface area contributed by atoms with Crippen LogP contribution in [0.15, 0.2) is 91.0 Å². The van der Waals surface area contributed by atoms with Crippen LogP contribution in [0.25, 0.3) is 57.5 Å². The molecule has 2 aromatic carbocycles. The van der Waals surface area contributed by atoms with Gasteiger partial charge in [0.15, 0.2) is 0 Å². The molecule has 0 unspecified atom stereocenters. The summed E-state index contributed by atoms with van der Waals surface area (Å²) in [7, 11) is 0. The quantitative estimate of drug-likeness (QED) is 0.172. The second-order valence-electron chi connectivity index (χ2n) is 9.82. The molecule has 5 heterocycles. The third-order valence-corrected chi connectivity index (χ3v) is 6.89. The highest BCUT2D eigenvalue weighted by molar-refractivity contribution is 5.88. The first-order valence-electron chi connectivity index (χ1n) is 13.1. The van der Waals surface area contributed by atoms with Crippen molar-refractivity contribution in [2.45, 2.75) is 6.61 Å². The molecule has 2 aliphatic rings. The highest BCUT2D eigenvalue weighted by Crippen LogP contribution is 2.29. The van der Waals surface area contributed by atoms with Crippen LogP contribution in [0.3, 0.4) is 0 Å². The van der Waals surface area contributed by atoms with Gasteiger partial charge in [-0.05, 0) is 102 Å². The summed E-state index contributed by atoms with van der Waals surface area (Å²) in [4.78, 5) is 27.0. The van der Waals surface area contributed by atoms with E-state index in [9.17, 15) is 10.1 Å². The van der Waals surface area contributed by atoms with E-state index in [4.69, 9.17) is 14.7 Å². The number of non-ortho nitro benzene ring substituents is 1. The van der Waals surface area contributed by atoms with Gasteiger partial charge in [-0.1, -0.05) is 12.1 Å². The van der Waals surface area contributed by atoms with Crippen LogP contribution in [0.4, 0.5) is 5.69 Å². The Morgan fingerprint density at radius 1 is 0.659 bits per heavy atom. The molecule has 0 fully saturated rings. The molecule has 2 N–H and O–H groups in total. The van der Waals surface area contributed by atoms with E-state index in [1.54, 1.807) is 12.1 Å². The van der Waals surface area contributed by atoms with Crippen LogP contribution in [0.2, 0.25) is 0 Å². The fourth-order valence-electron chi connectivity index (χ4n) is 4.87. The van der Waals surface area contributed by atoms with Crippen LogP contribution >= 0.6 is 0 Å². The Balaban J connectivity index is 1.25. The van der Waals surface area contributed by atoms with Crippen molar-refractivity contribution >= 4 is 52.1 Å². The lowest BCUT2D eigenvalue weighted by molar-refractivity contribution is -0.384. The highest BCUT2D eigenvalue weighted by atomic mass is 16.6. The highest BCUT2D eigenvalue weighted by Gasteiger charge is 2.09. The summed E-state index contributed by atoms with van der Waals surface area (Å²) in [5, 5.41) is 10.9. The van der Waals surface area contributed by atoms with E-state index in [1.807, 2.05) is 85.0 Å². The number of aromatic nitrogens is 4. The van der Waals surface area contributed by atoms with Crippen LogP contribution in [0.5, 0.6) is 5.75 Å². The molecule has 41 heavy (non-hydrogen) atoms. The zero-order valence-corrected chi connectivity index (χ0v) is 21.7. The van der Waals surface area contributed by atoms with Crippen molar-refractivity contribution in [1.82, 2.24) is 19.9 Å². The summed E-state index contributed by atoms with van der Waals surface area (Å²) >= 11 is 0. The van der Waals surface area contributed by atoms with Crippen molar-refractivity contribution in [2.75, 3.05) is 0 Å². The van der Waals surface area contributed by atoms with E-state index < -0.39 is 4.92 Å². The van der Waals surface area contributed by atoms with Gasteiger partial charge >= 0.3 is 0 Å². The number of nitrogens with one attached hydrogen (secondary N) is 2. The lowest BCUT2D eigenvalue weighted by atomic mass is 10.1. The average Bonchev–Trinajstić information content (AvgIpc) is 3.78. The number of benzene rings is 2. The van der Waals surface area contributed by atoms with Crippen LogP contribution in [0, 0.1) is 10.1 Å². The van der Waals surface area contributed by atoms with Gasteiger partial charge in [0.2, 0.25) is 0 Å². The van der Waals surface area contributed by atoms with Gasteiger partial charge in [-0.3, -0.25) is 10.1 Å². The minimum Gasteiger partial charge on any atom is -0.489 e. The number of nitro benzene ring substituents is 1. The maximum Gasteiger partial charge on any atom is 0.269 e. The SMILES string of the molecule is O=[N+]([O-])c1ccc(COc2ccc(-c3cc4cc5nc(cc6ccc(cc7nc(cc3[nH]4)C=C7)[nH]6)C=C5)cc2)cc1. The zero-order valence-electron chi connectivity index (χ0n) is 21.7. The number of H-pyrrole nitrogens is 2. The third-order valence-electron chi connectivity index (χ3n) is 6.89. The molecule has 7 rings (SSSR count). The molecule has 8 bridgehead atoms. The van der Waals surface area contributed by atoms with Gasteiger partial charge in [0, 0.05) is 39.8 Å². The van der Waals surface area contributed by atoms with Gasteiger partial charge in [0.25, 0.3) is 5.69 Å². The monoisotopic (exact) mass is 537 g/mol. The molecule has 3 aromatic heterocycles. The van der Waals surface area contributed by atoms with Gasteiger partial charge in [-0.15, -0.1) is 0 Å². The van der Waals surface area contributed by atoms with Gasteiger partial charge in [0.05, 0.1) is 27.7 Å². The molecule has 0 saturated heterocycles. The van der Waals surface area contributed by atoms with Gasteiger partial charge < -0.3 is 14.7 Å². The number of fused-ring (bicyclic) bond motifs is 8. The second-order valence-corrected chi connectivity index (χ2v) is 9.82. The first-order chi connectivity index (χ1) is 20.0. The van der Waals surface area contributed by atoms with Crippen molar-refractivity contribution in [3.63, 3.8) is 0 Å². The lowest BCUT2D eigenvalue weighted by Crippen LogP contribution is -1.96. The summed E-state index contributed by atoms with van der Waals surface area (Å²) < 4.78 is 5.93. The van der Waals surface area contributed by atoms with E-state index in [-0.39, 0.29) is 5.69 Å². The van der Waals surface area contributed by atoms with E-state index >= 15 is 0 Å². The molecule has 198 valence electrons. The molecular formula is C33H23N5O3. The standard InChI is InChI=1S/C33H23N5O3/c39-38(40)30-11-1-21(2-12-30)20-41-31-13-3-22(4-14-31)32-18-29-17-27-8-7-25(35-27)15-23-5-6-24(34-23)16-26-9-10-28(36-26)19-33(32)37-29/h1-19,34,37H,20H2. The summed E-state index contributed by atoms with van der Waals surface area (Å²) in [5.41, 5.74) is 10.3. The van der Waals surface area contributed by atoms with Crippen molar-refractivity contribution in [1.29, 1.82) is 0 Å². The molecule has 0 radical (unpaired) electrons. The minimum atomic E-state index is -0.411. The number of rotatable bonds is 5. The fraction of sp³-hybridized carbons (Fsp3) is 0.0303. The lowest BCUT2D eigenvalue weighted by Gasteiger charge is -2.07. The Bertz CT molecular complexity index is 2020. The van der Waals surface area contributed by atoms with Crippen LogP contribution in [-0.2, 0) is 6.61 Å². The van der Waals surface area contributed by atoms with Crippen molar-refractivity contribution in [2.24, 2.45) is 0 Å². The molecule has 0 amide bonds. The maximum atomic E-state index is 10.9. The Kier molecular flexibility index (Phi) is 5.98. The van der Waals surface area contributed by atoms with E-state index in [2.05, 4.69) is 16.0 Å². The van der Waals surface area contributed by atoms with E-state index in [0.717, 1.165) is 61.5 Å². The number of nitrogens with zero attached hydrogens (tertiary/aromatic N) is 3. The first kappa shape index (κ1) is 24.3. The first-order valence-corrected chi connectivity index (χ1v) is 13.1. The van der Waals surface area contributed by atoms with Gasteiger partial charge in [-0.25, -0.2) is 9.97 Å². The molecule has 0 atom stereocenters. The number of hydrogen-bond donors (Lipinski definition) is 2. The molecule has 8 heteroatoms. The van der Waals surface area contributed by atoms with Crippen LogP contribution in [0.1, 0.15) is 28.3 Å². The molecule has 0 aliphatic carbocycles. The van der Waals surface area contributed by atoms with E-state index in [1.165, 1.54) is 12.1 Å². The number of ether oxygens (including phenoxy) is 1. The normalized spacial score (nSPS) is 12.0. The Morgan fingerprint density at radius 2 is 1.24 bits per heavy atom. The summed E-state index contributed by atoms with van der Waals surface area (Å²) in [6, 6.07) is 28.6. The maximum absolute atomic E-state index is 10.9. The van der Waals surface area contributed by atoms with Gasteiger partial charge in [0.1, 0.15) is 12.4 Å². The second kappa shape index (κ2) is 10.1. The van der Waals surface area contributed by atoms with Crippen molar-refractivity contribution < 1.29 is 9.66 Å². The van der Waals surface area contributed by atoms with Crippen molar-refractivity contribution in [3.8, 4) is 16.9 Å². The predicted molar refractivity (Wildman–Crippen MR) is 162 cm³/mol. The topological polar surface area (TPSA) is 110 Å². The molecule has 0 saturated carbocycles. The van der Waals surface area contributed by atoms with Crippen LogP contribution < -0.4 is 4.74 Å². The average molecular weight is 538 g/mol. The summed E-state index contributed by atoms with van der Waals surface area (Å²) in [5.74, 6) is 0.709. The molecule has 0 spiro atoms. The Hall–Kier alpha value is -5.76. The van der Waals surface area contributed by atoms with E-state index in [0.29, 0.717) is 12.4 Å². The number of aromatic amines is 2. The molecule has 8 nitrogen and oxygen atoms in total. The van der Waals surface area contributed by atoms with Crippen molar-refractivity contribution in [3.05, 3.63) is 129 Å². The smallest absolute Gasteiger partial charge is 0.269 e. The summed E-state index contributed by atoms with van der Waals surface area (Å²) in [6.07, 6.45) is 8.02. The molecular weight excluding hydrogens is 514 g/mol. The largest absolute Gasteiger partial charge is 0.489 e. The zero-order chi connectivity index (χ0) is 27.8.